The SMILES string of the molecule is COC(=O)c1c(NC(=O)COC(=O)c2c(F)cccc2F)sc2c1CCCC2. The number of anilines is 1. The molecule has 0 radical (unpaired) electrons. The van der Waals surface area contributed by atoms with E-state index in [-0.39, 0.29) is 0 Å². The zero-order valence-electron chi connectivity index (χ0n) is 15.0. The minimum absolute atomic E-state index is 0.307. The van der Waals surface area contributed by atoms with E-state index in [9.17, 15) is 23.2 Å². The minimum Gasteiger partial charge on any atom is -0.465 e. The second kappa shape index (κ2) is 8.47. The van der Waals surface area contributed by atoms with Crippen LogP contribution in [0.1, 0.15) is 44.0 Å². The average Bonchev–Trinajstić information content (AvgIpc) is 3.03. The van der Waals surface area contributed by atoms with Crippen LogP contribution >= 0.6 is 11.3 Å². The molecule has 0 unspecified atom stereocenters. The molecule has 1 aromatic heterocycles. The lowest BCUT2D eigenvalue weighted by Crippen LogP contribution is -2.22. The van der Waals surface area contributed by atoms with Crippen molar-refractivity contribution in [3.05, 3.63) is 51.4 Å². The van der Waals surface area contributed by atoms with Crippen LogP contribution in [0.25, 0.3) is 0 Å². The summed E-state index contributed by atoms with van der Waals surface area (Å²) in [4.78, 5) is 37.2. The van der Waals surface area contributed by atoms with Gasteiger partial charge in [0, 0.05) is 4.88 Å². The summed E-state index contributed by atoms with van der Waals surface area (Å²) in [6.07, 6.45) is 3.45. The number of ether oxygens (including phenoxy) is 2. The maximum Gasteiger partial charge on any atom is 0.344 e. The standard InChI is InChI=1S/C19H17F2NO5S/c1-26-18(24)15-10-5-2-3-8-13(10)28-17(15)22-14(23)9-27-19(25)16-11(20)6-4-7-12(16)21/h4,6-7H,2-3,5,8-9H2,1H3,(H,22,23). The summed E-state index contributed by atoms with van der Waals surface area (Å²) in [5, 5.41) is 2.85. The van der Waals surface area contributed by atoms with Crippen LogP contribution < -0.4 is 5.32 Å². The molecule has 1 aliphatic rings. The first kappa shape index (κ1) is 19.9. The predicted molar refractivity (Wildman–Crippen MR) is 97.6 cm³/mol. The maximum absolute atomic E-state index is 13.6. The lowest BCUT2D eigenvalue weighted by Gasteiger charge is -2.11. The number of rotatable bonds is 5. The number of esters is 2. The van der Waals surface area contributed by atoms with Crippen LogP contribution in [0, 0.1) is 11.6 Å². The number of benzene rings is 1. The van der Waals surface area contributed by atoms with Gasteiger partial charge in [0.1, 0.15) is 22.2 Å². The molecule has 28 heavy (non-hydrogen) atoms. The second-order valence-electron chi connectivity index (χ2n) is 6.13. The van der Waals surface area contributed by atoms with Crippen molar-refractivity contribution in [1.29, 1.82) is 0 Å². The van der Waals surface area contributed by atoms with E-state index in [2.05, 4.69) is 5.32 Å². The third-order valence-electron chi connectivity index (χ3n) is 4.32. The number of carbonyl (C=O) groups is 3. The largest absolute Gasteiger partial charge is 0.465 e. The van der Waals surface area contributed by atoms with Crippen LogP contribution in [-0.4, -0.2) is 31.6 Å². The molecule has 6 nitrogen and oxygen atoms in total. The first-order chi connectivity index (χ1) is 13.4. The zero-order chi connectivity index (χ0) is 20.3. The first-order valence-electron chi connectivity index (χ1n) is 8.56. The molecule has 1 aromatic carbocycles. The number of hydrogen-bond acceptors (Lipinski definition) is 6. The molecular formula is C19H17F2NO5S. The first-order valence-corrected chi connectivity index (χ1v) is 9.37. The molecule has 1 heterocycles. The Morgan fingerprint density at radius 1 is 1.07 bits per heavy atom. The molecule has 0 bridgehead atoms. The normalized spacial score (nSPS) is 12.8. The Morgan fingerprint density at radius 3 is 2.43 bits per heavy atom. The summed E-state index contributed by atoms with van der Waals surface area (Å²) in [6, 6.07) is 2.94. The molecule has 2 aromatic rings. The van der Waals surface area contributed by atoms with E-state index in [0.717, 1.165) is 47.9 Å². The lowest BCUT2D eigenvalue weighted by molar-refractivity contribution is -0.119. The highest BCUT2D eigenvalue weighted by molar-refractivity contribution is 7.17. The van der Waals surface area contributed by atoms with Crippen molar-refractivity contribution < 1.29 is 32.6 Å². The van der Waals surface area contributed by atoms with E-state index in [1.165, 1.54) is 18.4 Å². The topological polar surface area (TPSA) is 81.7 Å². The van der Waals surface area contributed by atoms with E-state index in [4.69, 9.17) is 9.47 Å². The number of carbonyl (C=O) groups excluding carboxylic acids is 3. The summed E-state index contributed by atoms with van der Waals surface area (Å²) in [5.74, 6) is -4.73. The smallest absolute Gasteiger partial charge is 0.344 e. The number of methoxy groups -OCH3 is 1. The molecular weight excluding hydrogens is 392 g/mol. The van der Waals surface area contributed by atoms with Crippen LogP contribution in [-0.2, 0) is 27.1 Å². The molecule has 0 fully saturated rings. The molecule has 0 saturated carbocycles. The van der Waals surface area contributed by atoms with Gasteiger partial charge in [0.2, 0.25) is 0 Å². The molecule has 0 atom stereocenters. The Bertz CT molecular complexity index is 920. The Morgan fingerprint density at radius 2 is 1.75 bits per heavy atom. The molecule has 0 saturated heterocycles. The van der Waals surface area contributed by atoms with Crippen molar-refractivity contribution in [2.75, 3.05) is 19.0 Å². The van der Waals surface area contributed by atoms with Gasteiger partial charge in [-0.25, -0.2) is 18.4 Å². The number of hydrogen-bond donors (Lipinski definition) is 1. The molecule has 1 N–H and O–H groups in total. The highest BCUT2D eigenvalue weighted by Gasteiger charge is 2.27. The van der Waals surface area contributed by atoms with Crippen molar-refractivity contribution in [1.82, 2.24) is 0 Å². The summed E-state index contributed by atoms with van der Waals surface area (Å²) < 4.78 is 36.7. The fourth-order valence-corrected chi connectivity index (χ4v) is 4.32. The third kappa shape index (κ3) is 4.04. The number of halogens is 2. The van der Waals surface area contributed by atoms with E-state index in [0.29, 0.717) is 17.0 Å². The second-order valence-corrected chi connectivity index (χ2v) is 7.23. The van der Waals surface area contributed by atoms with Gasteiger partial charge in [-0.3, -0.25) is 4.79 Å². The zero-order valence-corrected chi connectivity index (χ0v) is 15.8. The molecule has 148 valence electrons. The van der Waals surface area contributed by atoms with E-state index in [1.54, 1.807) is 0 Å². The number of fused-ring (bicyclic) bond motifs is 1. The van der Waals surface area contributed by atoms with Crippen molar-refractivity contribution in [3.8, 4) is 0 Å². The van der Waals surface area contributed by atoms with Gasteiger partial charge < -0.3 is 14.8 Å². The van der Waals surface area contributed by atoms with Crippen LogP contribution in [0.3, 0.4) is 0 Å². The van der Waals surface area contributed by atoms with Gasteiger partial charge in [0.05, 0.1) is 12.7 Å². The molecule has 3 rings (SSSR count). The fraction of sp³-hybridized carbons (Fsp3) is 0.316. The third-order valence-corrected chi connectivity index (χ3v) is 5.52. The summed E-state index contributed by atoms with van der Waals surface area (Å²) in [6.45, 7) is -0.754. The van der Waals surface area contributed by atoms with E-state index < -0.39 is 41.7 Å². The highest BCUT2D eigenvalue weighted by atomic mass is 32.1. The van der Waals surface area contributed by atoms with Gasteiger partial charge in [0.25, 0.3) is 5.91 Å². The van der Waals surface area contributed by atoms with Crippen LogP contribution in [0.4, 0.5) is 13.8 Å². The molecule has 1 aliphatic carbocycles. The van der Waals surface area contributed by atoms with Crippen molar-refractivity contribution in [2.24, 2.45) is 0 Å². The number of amides is 1. The van der Waals surface area contributed by atoms with Gasteiger partial charge in [0.15, 0.2) is 6.61 Å². The van der Waals surface area contributed by atoms with Gasteiger partial charge in [-0.05, 0) is 43.4 Å². The monoisotopic (exact) mass is 409 g/mol. The van der Waals surface area contributed by atoms with Gasteiger partial charge in [-0.2, -0.15) is 0 Å². The lowest BCUT2D eigenvalue weighted by atomic mass is 9.95. The Hall–Kier alpha value is -2.81. The summed E-state index contributed by atoms with van der Waals surface area (Å²) in [7, 11) is 1.26. The Labute approximate surface area is 163 Å². The number of aryl methyl sites for hydroxylation is 1. The molecule has 0 aliphatic heterocycles. The van der Waals surface area contributed by atoms with Crippen molar-refractivity contribution in [3.63, 3.8) is 0 Å². The molecule has 9 heteroatoms. The molecule has 1 amide bonds. The summed E-state index contributed by atoms with van der Waals surface area (Å²) in [5.41, 5.74) is 0.308. The fourth-order valence-electron chi connectivity index (χ4n) is 3.03. The van der Waals surface area contributed by atoms with Crippen molar-refractivity contribution in [2.45, 2.75) is 25.7 Å². The van der Waals surface area contributed by atoms with Crippen LogP contribution in [0.2, 0.25) is 0 Å². The summed E-state index contributed by atoms with van der Waals surface area (Å²) >= 11 is 1.28. The van der Waals surface area contributed by atoms with Gasteiger partial charge in [-0.1, -0.05) is 6.07 Å². The number of nitrogens with one attached hydrogen (secondary N) is 1. The van der Waals surface area contributed by atoms with Gasteiger partial charge in [-0.15, -0.1) is 11.3 Å². The van der Waals surface area contributed by atoms with Crippen molar-refractivity contribution >= 4 is 34.2 Å². The Balaban J connectivity index is 1.71. The predicted octanol–water partition coefficient (Wildman–Crippen LogP) is 3.49. The minimum atomic E-state index is -1.29. The quantitative estimate of drug-likeness (QED) is 0.765. The number of thiophene rings is 1. The average molecular weight is 409 g/mol. The maximum atomic E-state index is 13.6. The van der Waals surface area contributed by atoms with Crippen LogP contribution in [0.15, 0.2) is 18.2 Å². The van der Waals surface area contributed by atoms with E-state index >= 15 is 0 Å². The molecule has 0 spiro atoms. The van der Waals surface area contributed by atoms with Crippen LogP contribution in [0.5, 0.6) is 0 Å². The Kier molecular flexibility index (Phi) is 6.03. The van der Waals surface area contributed by atoms with E-state index in [1.807, 2.05) is 0 Å². The highest BCUT2D eigenvalue weighted by Crippen LogP contribution is 2.38. The van der Waals surface area contributed by atoms with Gasteiger partial charge >= 0.3 is 11.9 Å².